The number of sulfonamides is 1. The Kier molecular flexibility index (Phi) is 5.00. The molecule has 2 rings (SSSR count). The van der Waals surface area contributed by atoms with Crippen molar-refractivity contribution in [2.24, 2.45) is 0 Å². The van der Waals surface area contributed by atoms with Gasteiger partial charge >= 0.3 is 0 Å². The number of hydrogen-bond donors (Lipinski definition) is 2. The molecule has 0 saturated heterocycles. The van der Waals surface area contributed by atoms with Gasteiger partial charge in [0.2, 0.25) is 0 Å². The third-order valence-electron chi connectivity index (χ3n) is 2.92. The molecule has 0 fully saturated rings. The lowest BCUT2D eigenvalue weighted by Crippen LogP contribution is -2.30. The van der Waals surface area contributed by atoms with Crippen LogP contribution in [0.1, 0.15) is 24.2 Å². The summed E-state index contributed by atoms with van der Waals surface area (Å²) in [6, 6.07) is 10.6. The van der Waals surface area contributed by atoms with E-state index in [0.29, 0.717) is 0 Å². The van der Waals surface area contributed by atoms with Crippen molar-refractivity contribution in [3.05, 3.63) is 59.9 Å². The van der Waals surface area contributed by atoms with E-state index in [0.717, 1.165) is 12.1 Å². The van der Waals surface area contributed by atoms with Crippen molar-refractivity contribution in [1.29, 1.82) is 0 Å². The van der Waals surface area contributed by atoms with Crippen LogP contribution in [0.5, 0.6) is 0 Å². The fourth-order valence-corrected chi connectivity index (χ4v) is 2.99. The number of carbonyl (C=O) groups excluding carboxylic acids is 1. The number of hydrogen-bond acceptors (Lipinski definition) is 3. The highest BCUT2D eigenvalue weighted by atomic mass is 32.2. The predicted molar refractivity (Wildman–Crippen MR) is 86.3 cm³/mol. The average molecular weight is 336 g/mol. The summed E-state index contributed by atoms with van der Waals surface area (Å²) in [4.78, 5) is 11.9. The van der Waals surface area contributed by atoms with Crippen molar-refractivity contribution in [2.75, 3.05) is 4.72 Å². The van der Waals surface area contributed by atoms with Gasteiger partial charge in [0.15, 0.2) is 0 Å². The van der Waals surface area contributed by atoms with Crippen LogP contribution in [0.25, 0.3) is 0 Å². The highest BCUT2D eigenvalue weighted by Crippen LogP contribution is 2.17. The van der Waals surface area contributed by atoms with E-state index >= 15 is 0 Å². The molecular formula is C16H17FN2O3S. The summed E-state index contributed by atoms with van der Waals surface area (Å²) >= 11 is 0. The number of rotatable bonds is 5. The molecule has 0 aliphatic rings. The van der Waals surface area contributed by atoms with E-state index in [9.17, 15) is 17.6 Å². The molecule has 0 aromatic heterocycles. The van der Waals surface area contributed by atoms with Crippen LogP contribution in [-0.4, -0.2) is 20.4 Å². The van der Waals surface area contributed by atoms with Crippen LogP contribution in [-0.2, 0) is 10.0 Å². The molecule has 5 nitrogen and oxygen atoms in total. The summed E-state index contributed by atoms with van der Waals surface area (Å²) in [6.45, 7) is 3.63. The van der Waals surface area contributed by atoms with Crippen LogP contribution in [0.3, 0.4) is 0 Å². The molecule has 0 bridgehead atoms. The van der Waals surface area contributed by atoms with Gasteiger partial charge in [-0.15, -0.1) is 0 Å². The number of benzene rings is 2. The second-order valence-electron chi connectivity index (χ2n) is 5.27. The Morgan fingerprint density at radius 3 is 2.35 bits per heavy atom. The van der Waals surface area contributed by atoms with E-state index in [-0.39, 0.29) is 28.1 Å². The number of halogens is 1. The molecule has 122 valence electrons. The zero-order valence-corrected chi connectivity index (χ0v) is 13.5. The minimum atomic E-state index is -3.86. The van der Waals surface area contributed by atoms with Crippen molar-refractivity contribution in [2.45, 2.75) is 24.8 Å². The Hall–Kier alpha value is -2.41. The van der Waals surface area contributed by atoms with Crippen LogP contribution < -0.4 is 10.0 Å². The smallest absolute Gasteiger partial charge is 0.261 e. The highest BCUT2D eigenvalue weighted by Gasteiger charge is 2.16. The lowest BCUT2D eigenvalue weighted by atomic mass is 10.2. The molecule has 0 unspecified atom stereocenters. The summed E-state index contributed by atoms with van der Waals surface area (Å²) in [7, 11) is -3.86. The monoisotopic (exact) mass is 336 g/mol. The van der Waals surface area contributed by atoms with Gasteiger partial charge in [-0.2, -0.15) is 0 Å². The number of amides is 1. The summed E-state index contributed by atoms with van der Waals surface area (Å²) in [5, 5.41) is 2.70. The van der Waals surface area contributed by atoms with Crippen LogP contribution in [0, 0.1) is 5.82 Å². The van der Waals surface area contributed by atoms with Crippen molar-refractivity contribution >= 4 is 21.6 Å². The van der Waals surface area contributed by atoms with E-state index in [2.05, 4.69) is 10.0 Å². The molecule has 23 heavy (non-hydrogen) atoms. The maximum atomic E-state index is 12.9. The van der Waals surface area contributed by atoms with Gasteiger partial charge < -0.3 is 5.32 Å². The van der Waals surface area contributed by atoms with Crippen molar-refractivity contribution in [3.8, 4) is 0 Å². The zero-order valence-electron chi connectivity index (χ0n) is 12.7. The lowest BCUT2D eigenvalue weighted by Gasteiger charge is -2.11. The van der Waals surface area contributed by atoms with E-state index in [1.54, 1.807) is 0 Å². The SMILES string of the molecule is CC(C)NC(=O)c1cccc(S(=O)(=O)Nc2ccc(F)cc2)c1. The minimum Gasteiger partial charge on any atom is -0.350 e. The molecule has 7 heteroatoms. The third-order valence-corrected chi connectivity index (χ3v) is 4.30. The second-order valence-corrected chi connectivity index (χ2v) is 6.95. The van der Waals surface area contributed by atoms with Gasteiger partial charge in [-0.05, 0) is 56.3 Å². The number of anilines is 1. The van der Waals surface area contributed by atoms with Gasteiger partial charge in [0, 0.05) is 17.3 Å². The van der Waals surface area contributed by atoms with Gasteiger partial charge in [0.05, 0.1) is 4.90 Å². The molecule has 0 aliphatic heterocycles. The van der Waals surface area contributed by atoms with Gasteiger partial charge in [-0.1, -0.05) is 6.07 Å². The Bertz CT molecular complexity index is 802. The van der Waals surface area contributed by atoms with E-state index in [4.69, 9.17) is 0 Å². The molecule has 0 spiro atoms. The van der Waals surface area contributed by atoms with Crippen LogP contribution in [0.15, 0.2) is 53.4 Å². The van der Waals surface area contributed by atoms with E-state index in [1.807, 2.05) is 13.8 Å². The first-order chi connectivity index (χ1) is 10.8. The highest BCUT2D eigenvalue weighted by molar-refractivity contribution is 7.92. The molecular weight excluding hydrogens is 319 g/mol. The maximum absolute atomic E-state index is 12.9. The fraction of sp³-hybridized carbons (Fsp3) is 0.188. The third kappa shape index (κ3) is 4.53. The standard InChI is InChI=1S/C16H17FN2O3S/c1-11(2)18-16(20)12-4-3-5-15(10-12)23(21,22)19-14-8-6-13(17)7-9-14/h3-11,19H,1-2H3,(H,18,20). The molecule has 0 aliphatic carbocycles. The van der Waals surface area contributed by atoms with E-state index in [1.165, 1.54) is 36.4 Å². The molecule has 2 N–H and O–H groups in total. The Balaban J connectivity index is 2.26. The molecule has 1 amide bonds. The number of nitrogens with one attached hydrogen (secondary N) is 2. The average Bonchev–Trinajstić information content (AvgIpc) is 2.49. The molecule has 2 aromatic rings. The normalized spacial score (nSPS) is 11.3. The van der Waals surface area contributed by atoms with Crippen molar-refractivity contribution < 1.29 is 17.6 Å². The fourth-order valence-electron chi connectivity index (χ4n) is 1.88. The van der Waals surface area contributed by atoms with E-state index < -0.39 is 15.8 Å². The molecule has 0 atom stereocenters. The van der Waals surface area contributed by atoms with Gasteiger partial charge in [-0.25, -0.2) is 12.8 Å². The largest absolute Gasteiger partial charge is 0.350 e. The van der Waals surface area contributed by atoms with Gasteiger partial charge in [0.25, 0.3) is 15.9 Å². The topological polar surface area (TPSA) is 75.3 Å². The van der Waals surface area contributed by atoms with Gasteiger partial charge in [-0.3, -0.25) is 9.52 Å². The lowest BCUT2D eigenvalue weighted by molar-refractivity contribution is 0.0943. The van der Waals surface area contributed by atoms with Crippen molar-refractivity contribution in [3.63, 3.8) is 0 Å². The molecule has 0 heterocycles. The van der Waals surface area contributed by atoms with Gasteiger partial charge in [0.1, 0.15) is 5.82 Å². The Labute approximate surface area is 134 Å². The maximum Gasteiger partial charge on any atom is 0.261 e. The minimum absolute atomic E-state index is 0.0433. The predicted octanol–water partition coefficient (Wildman–Crippen LogP) is 2.76. The summed E-state index contributed by atoms with van der Waals surface area (Å²) in [5.41, 5.74) is 0.490. The van der Waals surface area contributed by atoms with Crippen LogP contribution >= 0.6 is 0 Å². The molecule has 2 aromatic carbocycles. The molecule has 0 saturated carbocycles. The van der Waals surface area contributed by atoms with Crippen LogP contribution in [0.4, 0.5) is 10.1 Å². The van der Waals surface area contributed by atoms with Crippen LogP contribution in [0.2, 0.25) is 0 Å². The Morgan fingerprint density at radius 1 is 1.09 bits per heavy atom. The first-order valence-electron chi connectivity index (χ1n) is 6.97. The first-order valence-corrected chi connectivity index (χ1v) is 8.45. The zero-order chi connectivity index (χ0) is 17.0. The summed E-state index contributed by atoms with van der Waals surface area (Å²) < 4.78 is 39.9. The summed E-state index contributed by atoms with van der Waals surface area (Å²) in [6.07, 6.45) is 0. The first kappa shape index (κ1) is 17.0. The quantitative estimate of drug-likeness (QED) is 0.881. The Morgan fingerprint density at radius 2 is 1.74 bits per heavy atom. The second kappa shape index (κ2) is 6.78. The number of carbonyl (C=O) groups is 1. The molecule has 0 radical (unpaired) electrons. The van der Waals surface area contributed by atoms with Crippen molar-refractivity contribution in [1.82, 2.24) is 5.32 Å². The summed E-state index contributed by atoms with van der Waals surface area (Å²) in [5.74, 6) is -0.806.